The number of methoxy groups -OCH3 is 1. The smallest absolute Gasteiger partial charge is 0.410 e. The Kier molecular flexibility index (Phi) is 8.31. The van der Waals surface area contributed by atoms with E-state index in [4.69, 9.17) is 14.2 Å². The number of pyridine rings is 1. The quantitative estimate of drug-likeness (QED) is 0.570. The van der Waals surface area contributed by atoms with E-state index < -0.39 is 5.60 Å². The number of likely N-dealkylation sites (tertiary alicyclic amines) is 1. The molecule has 2 rings (SSSR count). The molecule has 162 valence electrons. The number of halogens is 1. The molecule has 7 nitrogen and oxygen atoms in total. The lowest BCUT2D eigenvalue weighted by atomic mass is 9.90. The van der Waals surface area contributed by atoms with E-state index in [1.807, 2.05) is 26.8 Å². The summed E-state index contributed by atoms with van der Waals surface area (Å²) < 4.78 is 16.8. The van der Waals surface area contributed by atoms with E-state index in [1.54, 1.807) is 18.9 Å². The van der Waals surface area contributed by atoms with Crippen molar-refractivity contribution >= 4 is 28.0 Å². The lowest BCUT2D eigenvalue weighted by Gasteiger charge is -2.34. The van der Waals surface area contributed by atoms with E-state index in [2.05, 4.69) is 20.9 Å². The van der Waals surface area contributed by atoms with E-state index >= 15 is 0 Å². The van der Waals surface area contributed by atoms with Crippen LogP contribution in [0.4, 0.5) is 4.79 Å². The number of ether oxygens (including phenoxy) is 3. The number of esters is 1. The summed E-state index contributed by atoms with van der Waals surface area (Å²) in [5.74, 6) is 0.577. The van der Waals surface area contributed by atoms with Crippen molar-refractivity contribution in [1.29, 1.82) is 0 Å². The minimum Gasteiger partial charge on any atom is -0.481 e. The van der Waals surface area contributed by atoms with Crippen LogP contribution in [0.5, 0.6) is 5.88 Å². The van der Waals surface area contributed by atoms with E-state index in [-0.39, 0.29) is 24.4 Å². The van der Waals surface area contributed by atoms with Gasteiger partial charge in [-0.2, -0.15) is 0 Å². The molecule has 1 aromatic heterocycles. The predicted octanol–water partition coefficient (Wildman–Crippen LogP) is 4.46. The number of amides is 1. The van der Waals surface area contributed by atoms with Gasteiger partial charge in [0.15, 0.2) is 0 Å². The highest BCUT2D eigenvalue weighted by Crippen LogP contribution is 2.36. The Morgan fingerprint density at radius 1 is 1.28 bits per heavy atom. The van der Waals surface area contributed by atoms with Crippen LogP contribution >= 0.6 is 15.9 Å². The Bertz CT molecular complexity index is 725. The number of hydrogen-bond acceptors (Lipinski definition) is 6. The fourth-order valence-corrected chi connectivity index (χ4v) is 3.84. The average molecular weight is 471 g/mol. The first-order chi connectivity index (χ1) is 13.6. The Hall–Kier alpha value is -1.83. The standard InChI is InChI=1S/C21H31BrN2O5/c1-6-28-18(25)8-7-17-16(22)13-15(19(23-17)27-5)14-9-11-24(12-10-14)20(26)29-21(2,3)4/h13-14H,6-12H2,1-5H3. The highest BCUT2D eigenvalue weighted by Gasteiger charge is 2.29. The third kappa shape index (κ3) is 6.87. The summed E-state index contributed by atoms with van der Waals surface area (Å²) in [4.78, 5) is 30.3. The molecule has 1 aromatic rings. The molecule has 8 heteroatoms. The van der Waals surface area contributed by atoms with Crippen molar-refractivity contribution in [2.75, 3.05) is 26.8 Å². The Balaban J connectivity index is 2.04. The normalized spacial score (nSPS) is 15.2. The summed E-state index contributed by atoms with van der Waals surface area (Å²) in [7, 11) is 1.60. The second kappa shape index (κ2) is 10.3. The summed E-state index contributed by atoms with van der Waals surface area (Å²) in [6, 6.07) is 2.03. The molecule has 2 heterocycles. The van der Waals surface area contributed by atoms with Crippen LogP contribution in [-0.4, -0.2) is 54.4 Å². The fourth-order valence-electron chi connectivity index (χ4n) is 3.31. The Morgan fingerprint density at radius 2 is 1.93 bits per heavy atom. The summed E-state index contributed by atoms with van der Waals surface area (Å²) in [5.41, 5.74) is 1.29. The van der Waals surface area contributed by atoms with Gasteiger partial charge in [-0.1, -0.05) is 0 Å². The highest BCUT2D eigenvalue weighted by molar-refractivity contribution is 9.10. The van der Waals surface area contributed by atoms with Crippen molar-refractivity contribution in [3.63, 3.8) is 0 Å². The van der Waals surface area contributed by atoms with Gasteiger partial charge in [0.2, 0.25) is 5.88 Å². The maximum atomic E-state index is 12.3. The van der Waals surface area contributed by atoms with Gasteiger partial charge in [-0.25, -0.2) is 9.78 Å². The molecule has 1 fully saturated rings. The zero-order valence-corrected chi connectivity index (χ0v) is 19.5. The topological polar surface area (TPSA) is 78.0 Å². The van der Waals surface area contributed by atoms with Gasteiger partial charge in [-0.3, -0.25) is 4.79 Å². The van der Waals surface area contributed by atoms with Crippen LogP contribution in [0.25, 0.3) is 0 Å². The van der Waals surface area contributed by atoms with E-state index in [1.165, 1.54) is 0 Å². The molecule has 0 bridgehead atoms. The zero-order chi connectivity index (χ0) is 21.6. The number of rotatable bonds is 6. The van der Waals surface area contributed by atoms with Gasteiger partial charge in [-0.15, -0.1) is 0 Å². The third-order valence-electron chi connectivity index (χ3n) is 4.69. The van der Waals surface area contributed by atoms with Gasteiger partial charge >= 0.3 is 12.1 Å². The van der Waals surface area contributed by atoms with Gasteiger partial charge < -0.3 is 19.1 Å². The van der Waals surface area contributed by atoms with Crippen molar-refractivity contribution in [3.8, 4) is 5.88 Å². The molecular weight excluding hydrogens is 440 g/mol. The van der Waals surface area contributed by atoms with Crippen LogP contribution in [0.2, 0.25) is 0 Å². The molecule has 0 saturated carbocycles. The van der Waals surface area contributed by atoms with E-state index in [9.17, 15) is 9.59 Å². The number of aromatic nitrogens is 1. The molecule has 1 aliphatic rings. The molecule has 0 atom stereocenters. The number of nitrogens with zero attached hydrogens (tertiary/aromatic N) is 2. The van der Waals surface area contributed by atoms with Crippen LogP contribution in [0.1, 0.15) is 64.1 Å². The highest BCUT2D eigenvalue weighted by atomic mass is 79.9. The van der Waals surface area contributed by atoms with E-state index in [0.29, 0.717) is 32.0 Å². The number of carbonyl (C=O) groups excluding carboxylic acids is 2. The van der Waals surface area contributed by atoms with Gasteiger partial charge in [0.05, 0.1) is 25.8 Å². The second-order valence-corrected chi connectivity index (χ2v) is 8.92. The number of piperidine rings is 1. The van der Waals surface area contributed by atoms with Crippen LogP contribution in [-0.2, 0) is 20.7 Å². The molecule has 1 amide bonds. The molecule has 1 saturated heterocycles. The summed E-state index contributed by atoms with van der Waals surface area (Å²) in [6.45, 7) is 9.03. The van der Waals surface area contributed by atoms with Gasteiger partial charge in [-0.05, 0) is 68.5 Å². The zero-order valence-electron chi connectivity index (χ0n) is 17.9. The maximum absolute atomic E-state index is 12.3. The Morgan fingerprint density at radius 3 is 2.48 bits per heavy atom. The van der Waals surface area contributed by atoms with Crippen molar-refractivity contribution < 1.29 is 23.8 Å². The number of carbonyl (C=O) groups is 2. The molecule has 0 N–H and O–H groups in total. The summed E-state index contributed by atoms with van der Waals surface area (Å²) in [5, 5.41) is 0. The monoisotopic (exact) mass is 470 g/mol. The first kappa shape index (κ1) is 23.4. The summed E-state index contributed by atoms with van der Waals surface area (Å²) in [6.07, 6.45) is 2.11. The molecule has 1 aliphatic heterocycles. The lowest BCUT2D eigenvalue weighted by Crippen LogP contribution is -2.41. The number of hydrogen-bond donors (Lipinski definition) is 0. The summed E-state index contributed by atoms with van der Waals surface area (Å²) >= 11 is 3.58. The first-order valence-electron chi connectivity index (χ1n) is 10.0. The SMILES string of the molecule is CCOC(=O)CCc1nc(OC)c(C2CCN(C(=O)OC(C)(C)C)CC2)cc1Br. The molecular formula is C21H31BrN2O5. The third-order valence-corrected chi connectivity index (χ3v) is 5.38. The largest absolute Gasteiger partial charge is 0.481 e. The molecule has 0 radical (unpaired) electrons. The van der Waals surface area contributed by atoms with Crippen molar-refractivity contribution in [2.24, 2.45) is 0 Å². The first-order valence-corrected chi connectivity index (χ1v) is 10.8. The maximum Gasteiger partial charge on any atom is 0.410 e. The van der Waals surface area contributed by atoms with Crippen molar-refractivity contribution in [2.45, 2.75) is 64.9 Å². The van der Waals surface area contributed by atoms with Crippen LogP contribution in [0.15, 0.2) is 10.5 Å². The van der Waals surface area contributed by atoms with Crippen molar-refractivity contribution in [3.05, 3.63) is 21.8 Å². The molecule has 0 unspecified atom stereocenters. The number of aryl methyl sites for hydroxylation is 1. The minimum atomic E-state index is -0.495. The van der Waals surface area contributed by atoms with E-state index in [0.717, 1.165) is 28.6 Å². The Labute approximate surface area is 181 Å². The van der Waals surface area contributed by atoms with Gasteiger partial charge in [0.25, 0.3) is 0 Å². The minimum absolute atomic E-state index is 0.237. The molecule has 0 spiro atoms. The van der Waals surface area contributed by atoms with Gasteiger partial charge in [0, 0.05) is 29.5 Å². The van der Waals surface area contributed by atoms with Crippen LogP contribution < -0.4 is 4.74 Å². The average Bonchev–Trinajstić information content (AvgIpc) is 2.66. The predicted molar refractivity (Wildman–Crippen MR) is 113 cm³/mol. The fraction of sp³-hybridized carbons (Fsp3) is 0.667. The van der Waals surface area contributed by atoms with Crippen LogP contribution in [0.3, 0.4) is 0 Å². The molecule has 0 aliphatic carbocycles. The molecule has 29 heavy (non-hydrogen) atoms. The van der Waals surface area contributed by atoms with Crippen LogP contribution in [0, 0.1) is 0 Å². The van der Waals surface area contributed by atoms with Crippen molar-refractivity contribution in [1.82, 2.24) is 9.88 Å². The molecule has 0 aromatic carbocycles. The van der Waals surface area contributed by atoms with Gasteiger partial charge in [0.1, 0.15) is 5.60 Å². The second-order valence-electron chi connectivity index (χ2n) is 8.06. The lowest BCUT2D eigenvalue weighted by molar-refractivity contribution is -0.143.